The maximum Gasteiger partial charge on any atom is 0.100 e. The molecule has 0 bridgehead atoms. The highest BCUT2D eigenvalue weighted by Gasteiger charge is 2.12. The van der Waals surface area contributed by atoms with Gasteiger partial charge in [-0.1, -0.05) is 42.5 Å². The van der Waals surface area contributed by atoms with Gasteiger partial charge in [-0.25, -0.2) is 0 Å². The second-order valence-electron chi connectivity index (χ2n) is 4.38. The van der Waals surface area contributed by atoms with Crippen LogP contribution in [0.4, 0.5) is 0 Å². The van der Waals surface area contributed by atoms with Crippen LogP contribution < -0.4 is 0 Å². The van der Waals surface area contributed by atoms with Crippen LogP contribution in [0.25, 0.3) is 21.5 Å². The van der Waals surface area contributed by atoms with Crippen molar-refractivity contribution in [3.63, 3.8) is 0 Å². The molecule has 3 aromatic carbocycles. The summed E-state index contributed by atoms with van der Waals surface area (Å²) in [7, 11) is 0. The number of benzene rings is 3. The van der Waals surface area contributed by atoms with E-state index in [1.165, 1.54) is 0 Å². The first-order valence-corrected chi connectivity index (χ1v) is 6.22. The van der Waals surface area contributed by atoms with Gasteiger partial charge in [-0.2, -0.15) is 5.26 Å². The summed E-state index contributed by atoms with van der Waals surface area (Å²) in [6.45, 7) is 2.03. The molecule has 0 aliphatic heterocycles. The van der Waals surface area contributed by atoms with E-state index in [-0.39, 0.29) is 0 Å². The number of nitriles is 1. The first-order chi connectivity index (χ1) is 8.74. The van der Waals surface area contributed by atoms with Crippen LogP contribution >= 0.6 is 12.6 Å². The Bertz CT molecular complexity index is 813. The zero-order chi connectivity index (χ0) is 12.7. The molecule has 0 radical (unpaired) electrons. The molecule has 0 aromatic heterocycles. The quantitative estimate of drug-likeness (QED) is 0.461. The Morgan fingerprint density at radius 1 is 0.944 bits per heavy atom. The van der Waals surface area contributed by atoms with Crippen molar-refractivity contribution >= 4 is 34.2 Å². The third-order valence-corrected chi connectivity index (χ3v) is 3.82. The fourth-order valence-corrected chi connectivity index (χ4v) is 2.88. The molecule has 3 aromatic rings. The van der Waals surface area contributed by atoms with Gasteiger partial charge in [-0.15, -0.1) is 12.6 Å². The lowest BCUT2D eigenvalue weighted by Gasteiger charge is -2.11. The number of hydrogen-bond donors (Lipinski definition) is 1. The van der Waals surface area contributed by atoms with E-state index in [0.29, 0.717) is 0 Å². The van der Waals surface area contributed by atoms with Crippen LogP contribution in [0.5, 0.6) is 0 Å². The molecule has 86 valence electrons. The highest BCUT2D eigenvalue weighted by atomic mass is 32.1. The fourth-order valence-electron chi connectivity index (χ4n) is 2.50. The van der Waals surface area contributed by atoms with Crippen LogP contribution in [0.2, 0.25) is 0 Å². The van der Waals surface area contributed by atoms with Gasteiger partial charge in [-0.3, -0.25) is 0 Å². The third-order valence-electron chi connectivity index (χ3n) is 3.34. The molecule has 0 spiro atoms. The van der Waals surface area contributed by atoms with Crippen molar-refractivity contribution in [2.45, 2.75) is 11.8 Å². The SMILES string of the molecule is Cc1cccc2c(S)c3ccccc3c(C#N)c12. The fraction of sp³-hybridized carbons (Fsp3) is 0.0625. The number of hydrogen-bond acceptors (Lipinski definition) is 2. The molecule has 0 heterocycles. The van der Waals surface area contributed by atoms with E-state index >= 15 is 0 Å². The molecule has 0 unspecified atom stereocenters. The van der Waals surface area contributed by atoms with Crippen LogP contribution in [-0.4, -0.2) is 0 Å². The summed E-state index contributed by atoms with van der Waals surface area (Å²) in [4.78, 5) is 0.948. The smallest absolute Gasteiger partial charge is 0.100 e. The summed E-state index contributed by atoms with van der Waals surface area (Å²) in [6, 6.07) is 16.3. The molecule has 0 N–H and O–H groups in total. The van der Waals surface area contributed by atoms with E-state index in [2.05, 4.69) is 18.7 Å². The van der Waals surface area contributed by atoms with Crippen molar-refractivity contribution in [2.75, 3.05) is 0 Å². The summed E-state index contributed by atoms with van der Waals surface area (Å²) >= 11 is 4.64. The average Bonchev–Trinajstić information content (AvgIpc) is 2.41. The lowest BCUT2D eigenvalue weighted by atomic mass is 9.94. The van der Waals surface area contributed by atoms with Gasteiger partial charge in [0.15, 0.2) is 0 Å². The van der Waals surface area contributed by atoms with Crippen molar-refractivity contribution in [2.24, 2.45) is 0 Å². The van der Waals surface area contributed by atoms with Crippen LogP contribution in [0.1, 0.15) is 11.1 Å². The van der Waals surface area contributed by atoms with E-state index in [0.717, 1.165) is 37.6 Å². The number of aryl methyl sites for hydroxylation is 1. The number of rotatable bonds is 0. The van der Waals surface area contributed by atoms with Crippen LogP contribution in [0, 0.1) is 18.3 Å². The van der Waals surface area contributed by atoms with E-state index in [1.54, 1.807) is 0 Å². The van der Waals surface area contributed by atoms with Crippen molar-refractivity contribution in [1.82, 2.24) is 0 Å². The summed E-state index contributed by atoms with van der Waals surface area (Å²) < 4.78 is 0. The molecule has 0 aliphatic carbocycles. The Morgan fingerprint density at radius 3 is 2.33 bits per heavy atom. The van der Waals surface area contributed by atoms with Gasteiger partial charge in [0.2, 0.25) is 0 Å². The Hall–Kier alpha value is -1.98. The van der Waals surface area contributed by atoms with E-state index in [4.69, 9.17) is 0 Å². The molecule has 3 rings (SSSR count). The lowest BCUT2D eigenvalue weighted by molar-refractivity contribution is 1.47. The molecule has 0 atom stereocenters. The largest absolute Gasteiger partial charge is 0.192 e. The van der Waals surface area contributed by atoms with Crippen LogP contribution in [0.15, 0.2) is 47.4 Å². The number of nitrogens with zero attached hydrogens (tertiary/aromatic N) is 1. The molecule has 0 fully saturated rings. The molecule has 2 heteroatoms. The van der Waals surface area contributed by atoms with Gasteiger partial charge in [0, 0.05) is 15.7 Å². The third kappa shape index (κ3) is 1.41. The van der Waals surface area contributed by atoms with Crippen molar-refractivity contribution in [3.8, 4) is 6.07 Å². The van der Waals surface area contributed by atoms with Gasteiger partial charge >= 0.3 is 0 Å². The normalized spacial score (nSPS) is 10.7. The van der Waals surface area contributed by atoms with Crippen molar-refractivity contribution in [3.05, 3.63) is 53.6 Å². The van der Waals surface area contributed by atoms with Gasteiger partial charge < -0.3 is 0 Å². The Balaban J connectivity index is 2.72. The first-order valence-electron chi connectivity index (χ1n) is 5.77. The molecular formula is C16H11NS. The van der Waals surface area contributed by atoms with E-state index in [9.17, 15) is 5.26 Å². The maximum absolute atomic E-state index is 9.47. The minimum atomic E-state index is 0.747. The first kappa shape index (κ1) is 11.1. The number of thiol groups is 1. The van der Waals surface area contributed by atoms with Crippen LogP contribution in [-0.2, 0) is 0 Å². The number of fused-ring (bicyclic) bond motifs is 2. The molecular weight excluding hydrogens is 238 g/mol. The highest BCUT2D eigenvalue weighted by Crippen LogP contribution is 2.35. The van der Waals surface area contributed by atoms with Gasteiger partial charge in [-0.05, 0) is 23.3 Å². The molecule has 18 heavy (non-hydrogen) atoms. The van der Waals surface area contributed by atoms with Crippen molar-refractivity contribution in [1.29, 1.82) is 5.26 Å². The molecule has 0 saturated heterocycles. The highest BCUT2D eigenvalue weighted by molar-refractivity contribution is 7.80. The van der Waals surface area contributed by atoms with Gasteiger partial charge in [0.1, 0.15) is 6.07 Å². The lowest BCUT2D eigenvalue weighted by Crippen LogP contribution is -1.89. The predicted octanol–water partition coefficient (Wildman–Crippen LogP) is 4.46. The maximum atomic E-state index is 9.47. The Morgan fingerprint density at radius 2 is 1.61 bits per heavy atom. The minimum absolute atomic E-state index is 0.747. The van der Waals surface area contributed by atoms with Crippen molar-refractivity contribution < 1.29 is 0 Å². The summed E-state index contributed by atoms with van der Waals surface area (Å²) in [5.41, 5.74) is 1.86. The zero-order valence-corrected chi connectivity index (χ0v) is 10.8. The zero-order valence-electron chi connectivity index (χ0n) is 9.94. The Labute approximate surface area is 111 Å². The van der Waals surface area contributed by atoms with Gasteiger partial charge in [0.05, 0.1) is 5.56 Å². The summed E-state index contributed by atoms with van der Waals surface area (Å²) in [5, 5.41) is 13.6. The molecule has 0 aliphatic rings. The topological polar surface area (TPSA) is 23.8 Å². The second kappa shape index (κ2) is 4.04. The Kier molecular flexibility index (Phi) is 2.50. The summed E-state index contributed by atoms with van der Waals surface area (Å²) in [5.74, 6) is 0. The standard InChI is InChI=1S/C16H11NS/c1-10-5-4-8-13-15(10)14(9-17)11-6-2-3-7-12(11)16(13)18/h2-8,18H,1H3. The summed E-state index contributed by atoms with van der Waals surface area (Å²) in [6.07, 6.45) is 0. The second-order valence-corrected chi connectivity index (χ2v) is 4.83. The van der Waals surface area contributed by atoms with Crippen LogP contribution in [0.3, 0.4) is 0 Å². The molecule has 0 amide bonds. The molecule has 0 saturated carbocycles. The van der Waals surface area contributed by atoms with Gasteiger partial charge in [0.25, 0.3) is 0 Å². The predicted molar refractivity (Wildman–Crippen MR) is 78.2 cm³/mol. The van der Waals surface area contributed by atoms with E-state index in [1.807, 2.05) is 49.4 Å². The monoisotopic (exact) mass is 249 g/mol. The minimum Gasteiger partial charge on any atom is -0.192 e. The average molecular weight is 249 g/mol. The molecule has 1 nitrogen and oxygen atoms in total. The van der Waals surface area contributed by atoms with E-state index < -0.39 is 0 Å².